The summed E-state index contributed by atoms with van der Waals surface area (Å²) in [6, 6.07) is 8.78. The van der Waals surface area contributed by atoms with Crippen LogP contribution < -0.4 is 10.1 Å². The lowest BCUT2D eigenvalue weighted by atomic mass is 10.0. The third kappa shape index (κ3) is 2.83. The Bertz CT molecular complexity index is 861. The molecule has 1 heterocycles. The molecule has 1 N–H and O–H groups in total. The molecule has 4 nitrogen and oxygen atoms in total. The van der Waals surface area contributed by atoms with Crippen molar-refractivity contribution in [3.05, 3.63) is 64.4 Å². The van der Waals surface area contributed by atoms with Gasteiger partial charge in [-0.2, -0.15) is 0 Å². The molecule has 0 saturated carbocycles. The zero-order chi connectivity index (χ0) is 16.6. The fraction of sp³-hybridized carbons (Fsp3) is 0.0588. The molecule has 23 heavy (non-hydrogen) atoms. The van der Waals surface area contributed by atoms with E-state index in [1.807, 2.05) is 0 Å². The zero-order valence-electron chi connectivity index (χ0n) is 12.0. The van der Waals surface area contributed by atoms with Crippen molar-refractivity contribution in [3.8, 4) is 5.75 Å². The molecule has 6 heteroatoms. The van der Waals surface area contributed by atoms with Crippen molar-refractivity contribution in [2.45, 2.75) is 0 Å². The summed E-state index contributed by atoms with van der Waals surface area (Å²) in [4.78, 5) is 24.3. The Morgan fingerprint density at radius 1 is 1.26 bits per heavy atom. The van der Waals surface area contributed by atoms with Gasteiger partial charge in [0, 0.05) is 22.3 Å². The number of methoxy groups -OCH3 is 1. The van der Waals surface area contributed by atoms with E-state index >= 15 is 0 Å². The molecule has 0 spiro atoms. The summed E-state index contributed by atoms with van der Waals surface area (Å²) < 4.78 is 18.9. The quantitative estimate of drug-likeness (QED) is 0.689. The van der Waals surface area contributed by atoms with Crippen LogP contribution in [-0.2, 0) is 4.79 Å². The minimum absolute atomic E-state index is 0.137. The monoisotopic (exact) mass is 331 g/mol. The first-order valence-corrected chi connectivity index (χ1v) is 7.08. The standard InChI is InChI=1S/C17H11ClFNO3/c1-23-10-3-4-11(14(19)7-10)16(21)8-13-12-6-9(18)2-5-15(12)20-17(13)22/h2-8H,1H3,(H,20,22). The zero-order valence-corrected chi connectivity index (χ0v) is 12.8. The summed E-state index contributed by atoms with van der Waals surface area (Å²) in [5, 5.41) is 3.07. The van der Waals surface area contributed by atoms with Gasteiger partial charge in [-0.1, -0.05) is 11.6 Å². The van der Waals surface area contributed by atoms with Gasteiger partial charge in [-0.3, -0.25) is 9.59 Å². The molecule has 1 aliphatic rings. The summed E-state index contributed by atoms with van der Waals surface area (Å²) in [6.07, 6.45) is 1.11. The van der Waals surface area contributed by atoms with Gasteiger partial charge in [0.25, 0.3) is 5.91 Å². The second kappa shape index (κ2) is 5.85. The predicted molar refractivity (Wildman–Crippen MR) is 85.3 cm³/mol. The van der Waals surface area contributed by atoms with Crippen LogP contribution in [0, 0.1) is 5.82 Å². The van der Waals surface area contributed by atoms with Crippen molar-refractivity contribution >= 4 is 34.6 Å². The van der Waals surface area contributed by atoms with E-state index in [1.165, 1.54) is 19.2 Å². The number of carbonyl (C=O) groups excluding carboxylic acids is 2. The largest absolute Gasteiger partial charge is 0.497 e. The molecule has 3 rings (SSSR count). The van der Waals surface area contributed by atoms with Gasteiger partial charge in [0.2, 0.25) is 0 Å². The number of fused-ring (bicyclic) bond motifs is 1. The summed E-state index contributed by atoms with van der Waals surface area (Å²) in [5.74, 6) is -1.44. The highest BCUT2D eigenvalue weighted by molar-refractivity contribution is 6.36. The first kappa shape index (κ1) is 15.2. The molecule has 0 saturated heterocycles. The van der Waals surface area contributed by atoms with Crippen LogP contribution in [0.15, 0.2) is 42.5 Å². The normalized spacial score (nSPS) is 14.6. The number of rotatable bonds is 3. The van der Waals surface area contributed by atoms with Crippen molar-refractivity contribution in [1.82, 2.24) is 0 Å². The lowest BCUT2D eigenvalue weighted by molar-refractivity contribution is -0.110. The highest BCUT2D eigenvalue weighted by Gasteiger charge is 2.25. The number of benzene rings is 2. The maximum absolute atomic E-state index is 14.0. The fourth-order valence-electron chi connectivity index (χ4n) is 2.34. The van der Waals surface area contributed by atoms with Crippen LogP contribution in [0.2, 0.25) is 5.02 Å². The van der Waals surface area contributed by atoms with E-state index in [1.54, 1.807) is 18.2 Å². The number of allylic oxidation sites excluding steroid dienone is 1. The lowest BCUT2D eigenvalue weighted by Crippen LogP contribution is -2.07. The van der Waals surface area contributed by atoms with Crippen LogP contribution in [0.5, 0.6) is 5.75 Å². The smallest absolute Gasteiger partial charge is 0.256 e. The van der Waals surface area contributed by atoms with Crippen molar-refractivity contribution in [1.29, 1.82) is 0 Å². The molecule has 2 aromatic carbocycles. The number of carbonyl (C=O) groups is 2. The van der Waals surface area contributed by atoms with Gasteiger partial charge in [0.1, 0.15) is 11.6 Å². The summed E-state index contributed by atoms with van der Waals surface area (Å²) in [5.41, 5.74) is 1.10. The number of ketones is 1. The number of nitrogens with one attached hydrogen (secondary N) is 1. The van der Waals surface area contributed by atoms with Crippen LogP contribution in [0.3, 0.4) is 0 Å². The Kier molecular flexibility index (Phi) is 3.88. The van der Waals surface area contributed by atoms with E-state index in [9.17, 15) is 14.0 Å². The van der Waals surface area contributed by atoms with Gasteiger partial charge in [-0.05, 0) is 36.4 Å². The van der Waals surface area contributed by atoms with Crippen LogP contribution in [0.25, 0.3) is 5.57 Å². The second-order valence-electron chi connectivity index (χ2n) is 4.91. The lowest BCUT2D eigenvalue weighted by Gasteiger charge is -2.03. The molecule has 0 aromatic heterocycles. The number of anilines is 1. The molecule has 0 bridgehead atoms. The van der Waals surface area contributed by atoms with Gasteiger partial charge in [-0.15, -0.1) is 0 Å². The van der Waals surface area contributed by atoms with E-state index in [0.717, 1.165) is 12.1 Å². The number of amides is 1. The molecule has 1 aliphatic heterocycles. The van der Waals surface area contributed by atoms with E-state index in [4.69, 9.17) is 16.3 Å². The van der Waals surface area contributed by atoms with Crippen LogP contribution >= 0.6 is 11.6 Å². The van der Waals surface area contributed by atoms with Crippen molar-refractivity contribution in [3.63, 3.8) is 0 Å². The van der Waals surface area contributed by atoms with Gasteiger partial charge >= 0.3 is 0 Å². The number of halogens is 2. The third-order valence-electron chi connectivity index (χ3n) is 3.48. The topological polar surface area (TPSA) is 55.4 Å². The van der Waals surface area contributed by atoms with Gasteiger partial charge in [0.15, 0.2) is 5.78 Å². The maximum atomic E-state index is 14.0. The fourth-order valence-corrected chi connectivity index (χ4v) is 2.51. The number of hydrogen-bond acceptors (Lipinski definition) is 3. The van der Waals surface area contributed by atoms with E-state index in [-0.39, 0.29) is 11.1 Å². The first-order chi connectivity index (χ1) is 11.0. The molecule has 0 radical (unpaired) electrons. The summed E-state index contributed by atoms with van der Waals surface area (Å²) >= 11 is 5.92. The Hall–Kier alpha value is -2.66. The van der Waals surface area contributed by atoms with Crippen molar-refractivity contribution in [2.75, 3.05) is 12.4 Å². The summed E-state index contributed by atoms with van der Waals surface area (Å²) in [6.45, 7) is 0. The maximum Gasteiger partial charge on any atom is 0.256 e. The average Bonchev–Trinajstić information content (AvgIpc) is 2.82. The molecule has 0 unspecified atom stereocenters. The molecular formula is C17H11ClFNO3. The number of hydrogen-bond donors (Lipinski definition) is 1. The van der Waals surface area contributed by atoms with Crippen LogP contribution in [-0.4, -0.2) is 18.8 Å². The Labute approximate surface area is 136 Å². The minimum Gasteiger partial charge on any atom is -0.497 e. The first-order valence-electron chi connectivity index (χ1n) is 6.70. The SMILES string of the molecule is COc1ccc(C(=O)C=C2C(=O)Nc3ccc(Cl)cc32)c(F)c1. The molecule has 0 fully saturated rings. The highest BCUT2D eigenvalue weighted by atomic mass is 35.5. The van der Waals surface area contributed by atoms with Gasteiger partial charge < -0.3 is 10.1 Å². The number of ether oxygens (including phenoxy) is 1. The van der Waals surface area contributed by atoms with Crippen LogP contribution in [0.4, 0.5) is 10.1 Å². The van der Waals surface area contributed by atoms with E-state index < -0.39 is 17.5 Å². The minimum atomic E-state index is -0.712. The van der Waals surface area contributed by atoms with Crippen LogP contribution in [0.1, 0.15) is 15.9 Å². The Morgan fingerprint density at radius 3 is 2.74 bits per heavy atom. The van der Waals surface area contributed by atoms with E-state index in [0.29, 0.717) is 22.0 Å². The summed E-state index contributed by atoms with van der Waals surface area (Å²) in [7, 11) is 1.40. The molecule has 0 atom stereocenters. The molecule has 116 valence electrons. The Balaban J connectivity index is 2.01. The highest BCUT2D eigenvalue weighted by Crippen LogP contribution is 2.34. The molecule has 2 aromatic rings. The van der Waals surface area contributed by atoms with Gasteiger partial charge in [0.05, 0.1) is 18.2 Å². The average molecular weight is 332 g/mol. The van der Waals surface area contributed by atoms with Crippen molar-refractivity contribution < 1.29 is 18.7 Å². The molecule has 1 amide bonds. The third-order valence-corrected chi connectivity index (χ3v) is 3.72. The second-order valence-corrected chi connectivity index (χ2v) is 5.35. The molecule has 0 aliphatic carbocycles. The predicted octanol–water partition coefficient (Wildman–Crippen LogP) is 3.71. The Morgan fingerprint density at radius 2 is 2.04 bits per heavy atom. The van der Waals surface area contributed by atoms with Gasteiger partial charge in [-0.25, -0.2) is 4.39 Å². The van der Waals surface area contributed by atoms with Crippen molar-refractivity contribution in [2.24, 2.45) is 0 Å². The van der Waals surface area contributed by atoms with E-state index in [2.05, 4.69) is 5.32 Å². The molecular weight excluding hydrogens is 321 g/mol.